The van der Waals surface area contributed by atoms with Gasteiger partial charge in [0, 0.05) is 26.3 Å². The van der Waals surface area contributed by atoms with Crippen molar-refractivity contribution in [3.63, 3.8) is 0 Å². The summed E-state index contributed by atoms with van der Waals surface area (Å²) in [6.07, 6.45) is 3.88. The highest BCUT2D eigenvalue weighted by Gasteiger charge is 2.44. The van der Waals surface area contributed by atoms with E-state index in [1.807, 2.05) is 0 Å². The number of rotatable bonds is 9. The maximum atomic E-state index is 13.0. The van der Waals surface area contributed by atoms with Crippen molar-refractivity contribution < 1.29 is 32.0 Å². The van der Waals surface area contributed by atoms with Crippen molar-refractivity contribution in [2.24, 2.45) is 0 Å². The third kappa shape index (κ3) is 4.76. The van der Waals surface area contributed by atoms with E-state index >= 15 is 0 Å². The summed E-state index contributed by atoms with van der Waals surface area (Å²) in [4.78, 5) is 14.5. The normalized spacial score (nSPS) is 21.2. The zero-order valence-electron chi connectivity index (χ0n) is 16.7. The molecule has 0 bridgehead atoms. The molecule has 162 valence electrons. The molecule has 1 aromatic carbocycles. The summed E-state index contributed by atoms with van der Waals surface area (Å²) in [6.45, 7) is 1.59. The quantitative estimate of drug-likeness (QED) is 0.454. The van der Waals surface area contributed by atoms with Crippen molar-refractivity contribution in [3.05, 3.63) is 17.7 Å². The van der Waals surface area contributed by atoms with E-state index in [0.29, 0.717) is 55.4 Å². The molecule has 0 aliphatic carbocycles. The van der Waals surface area contributed by atoms with E-state index in [-0.39, 0.29) is 5.91 Å². The fourth-order valence-corrected chi connectivity index (χ4v) is 4.83. The summed E-state index contributed by atoms with van der Waals surface area (Å²) < 4.78 is 50.0. The molecule has 2 N–H and O–H groups in total. The minimum absolute atomic E-state index is 0.287. The fourth-order valence-electron chi connectivity index (χ4n) is 3.87. The van der Waals surface area contributed by atoms with Crippen molar-refractivity contribution >= 4 is 21.7 Å². The molecule has 1 unspecified atom stereocenters. The highest BCUT2D eigenvalue weighted by Crippen LogP contribution is 2.39. The van der Waals surface area contributed by atoms with Crippen LogP contribution in [0.25, 0.3) is 0 Å². The van der Waals surface area contributed by atoms with Gasteiger partial charge in [-0.3, -0.25) is 9.35 Å². The summed E-state index contributed by atoms with van der Waals surface area (Å²) in [7, 11) is -1.27. The average Bonchev–Trinajstić information content (AvgIpc) is 3.12. The molecule has 3 rings (SSSR count). The lowest BCUT2D eigenvalue weighted by Crippen LogP contribution is -2.47. The van der Waals surface area contributed by atoms with Crippen LogP contribution in [0.4, 0.5) is 5.69 Å². The predicted octanol–water partition coefficient (Wildman–Crippen LogP) is 2.13. The van der Waals surface area contributed by atoms with Crippen LogP contribution >= 0.6 is 0 Å². The lowest BCUT2D eigenvalue weighted by Gasteiger charge is -2.27. The van der Waals surface area contributed by atoms with E-state index in [9.17, 15) is 17.8 Å². The molecule has 2 aliphatic heterocycles. The van der Waals surface area contributed by atoms with Gasteiger partial charge in [0.05, 0.1) is 31.0 Å². The predicted molar refractivity (Wildman–Crippen MR) is 107 cm³/mol. The van der Waals surface area contributed by atoms with E-state index in [1.54, 1.807) is 19.2 Å². The second kappa shape index (κ2) is 9.19. The molecule has 2 atom stereocenters. The second-order valence-corrected chi connectivity index (χ2v) is 8.78. The zero-order valence-corrected chi connectivity index (χ0v) is 17.5. The zero-order chi connectivity index (χ0) is 21.0. The standard InChI is InChI=1S/C19H28N2O7S/c1-26-9-4-3-5-10-28-17-12-14-13(11-16(17)27-2)19(22)21-8-6-7-15(21)18(20-14)29(23,24)25/h11-12,15,18,20H,3-10H2,1-2H3,(H,23,24,25)/t15-,18?/m0/s1. The molecule has 9 nitrogen and oxygen atoms in total. The number of carbonyl (C=O) groups excluding carboxylic acids is 1. The molecule has 0 aromatic heterocycles. The maximum absolute atomic E-state index is 13.0. The van der Waals surface area contributed by atoms with Gasteiger partial charge in [-0.1, -0.05) is 0 Å². The number of amides is 1. The number of benzene rings is 1. The molecule has 0 saturated carbocycles. The summed E-state index contributed by atoms with van der Waals surface area (Å²) in [5.41, 5.74) is 0.606. The lowest BCUT2D eigenvalue weighted by molar-refractivity contribution is 0.0743. The summed E-state index contributed by atoms with van der Waals surface area (Å²) in [5, 5.41) is 1.57. The van der Waals surface area contributed by atoms with Gasteiger partial charge in [0.25, 0.3) is 16.0 Å². The number of hydrogen-bond donors (Lipinski definition) is 2. The third-order valence-corrected chi connectivity index (χ3v) is 6.39. The van der Waals surface area contributed by atoms with Crippen LogP contribution in [0.2, 0.25) is 0 Å². The number of ether oxygens (including phenoxy) is 3. The van der Waals surface area contributed by atoms with Gasteiger partial charge in [0.15, 0.2) is 16.9 Å². The number of methoxy groups -OCH3 is 2. The van der Waals surface area contributed by atoms with Gasteiger partial charge in [-0.15, -0.1) is 0 Å². The van der Waals surface area contributed by atoms with Crippen molar-refractivity contribution in [3.8, 4) is 11.5 Å². The van der Waals surface area contributed by atoms with Crippen LogP contribution in [0.5, 0.6) is 11.5 Å². The van der Waals surface area contributed by atoms with Crippen LogP contribution in [0.1, 0.15) is 42.5 Å². The Hall–Kier alpha value is -2.04. The molecule has 1 aromatic rings. The molecule has 0 radical (unpaired) electrons. The Morgan fingerprint density at radius 1 is 1.17 bits per heavy atom. The summed E-state index contributed by atoms with van der Waals surface area (Å²) >= 11 is 0. The number of hydrogen-bond acceptors (Lipinski definition) is 7. The number of nitrogens with one attached hydrogen (secondary N) is 1. The van der Waals surface area contributed by atoms with E-state index in [4.69, 9.17) is 14.2 Å². The van der Waals surface area contributed by atoms with E-state index in [1.165, 1.54) is 12.0 Å². The van der Waals surface area contributed by atoms with Crippen LogP contribution in [0, 0.1) is 0 Å². The molecule has 1 saturated heterocycles. The molecular formula is C19H28N2O7S. The number of carbonyl (C=O) groups is 1. The number of nitrogens with zero attached hydrogens (tertiary/aromatic N) is 1. The number of unbranched alkanes of at least 4 members (excludes halogenated alkanes) is 2. The molecule has 1 fully saturated rings. The first kappa shape index (κ1) is 21.7. The maximum Gasteiger partial charge on any atom is 0.288 e. The van der Waals surface area contributed by atoms with Crippen molar-refractivity contribution in [1.29, 1.82) is 0 Å². The molecule has 29 heavy (non-hydrogen) atoms. The highest BCUT2D eigenvalue weighted by atomic mass is 32.2. The van der Waals surface area contributed by atoms with Crippen molar-refractivity contribution in [2.45, 2.75) is 43.5 Å². The van der Waals surface area contributed by atoms with Gasteiger partial charge < -0.3 is 24.4 Å². The monoisotopic (exact) mass is 428 g/mol. The number of fused-ring (bicyclic) bond motifs is 2. The van der Waals surface area contributed by atoms with Gasteiger partial charge in [-0.2, -0.15) is 8.42 Å². The minimum atomic E-state index is -4.42. The van der Waals surface area contributed by atoms with Gasteiger partial charge in [0.2, 0.25) is 0 Å². The first-order chi connectivity index (χ1) is 13.9. The van der Waals surface area contributed by atoms with Gasteiger partial charge in [-0.25, -0.2) is 0 Å². The average molecular weight is 429 g/mol. The molecule has 1 amide bonds. The van der Waals surface area contributed by atoms with Crippen LogP contribution < -0.4 is 14.8 Å². The Morgan fingerprint density at radius 3 is 2.62 bits per heavy atom. The van der Waals surface area contributed by atoms with E-state index < -0.39 is 21.5 Å². The Morgan fingerprint density at radius 2 is 1.93 bits per heavy atom. The van der Waals surface area contributed by atoms with Crippen molar-refractivity contribution in [2.75, 3.05) is 39.3 Å². The Kier molecular flexibility index (Phi) is 6.86. The van der Waals surface area contributed by atoms with Crippen LogP contribution in [0.15, 0.2) is 12.1 Å². The Labute approximate surface area is 171 Å². The third-order valence-electron chi connectivity index (χ3n) is 5.31. The SMILES string of the molecule is COCCCCCOc1cc2c(cc1OC)C(=O)N1CCC[C@H]1C(S(=O)(=O)O)N2. The van der Waals surface area contributed by atoms with Gasteiger partial charge in [-0.05, 0) is 38.2 Å². The molecule has 0 spiro atoms. The largest absolute Gasteiger partial charge is 0.493 e. The first-order valence-corrected chi connectivity index (χ1v) is 11.2. The smallest absolute Gasteiger partial charge is 0.288 e. The molecule has 2 aliphatic rings. The first-order valence-electron chi connectivity index (χ1n) is 9.74. The highest BCUT2D eigenvalue weighted by molar-refractivity contribution is 7.86. The Balaban J connectivity index is 1.86. The van der Waals surface area contributed by atoms with Gasteiger partial charge in [0.1, 0.15) is 0 Å². The van der Waals surface area contributed by atoms with Crippen LogP contribution in [-0.4, -0.2) is 69.2 Å². The lowest BCUT2D eigenvalue weighted by atomic mass is 10.1. The topological polar surface area (TPSA) is 114 Å². The van der Waals surface area contributed by atoms with Crippen LogP contribution in [0.3, 0.4) is 0 Å². The van der Waals surface area contributed by atoms with Crippen molar-refractivity contribution in [1.82, 2.24) is 4.90 Å². The molecular weight excluding hydrogens is 400 g/mol. The second-order valence-electron chi connectivity index (χ2n) is 7.24. The molecule has 10 heteroatoms. The van der Waals surface area contributed by atoms with E-state index in [0.717, 1.165) is 19.3 Å². The van der Waals surface area contributed by atoms with Crippen LogP contribution in [-0.2, 0) is 14.9 Å². The van der Waals surface area contributed by atoms with E-state index in [2.05, 4.69) is 5.32 Å². The van der Waals surface area contributed by atoms with Gasteiger partial charge >= 0.3 is 0 Å². The minimum Gasteiger partial charge on any atom is -0.493 e. The molecule has 2 heterocycles. The Bertz CT molecular complexity index is 843. The summed E-state index contributed by atoms with van der Waals surface area (Å²) in [5.74, 6) is 0.525. The summed E-state index contributed by atoms with van der Waals surface area (Å²) in [6, 6.07) is 2.51. The fraction of sp³-hybridized carbons (Fsp3) is 0.632. The number of anilines is 1.